The van der Waals surface area contributed by atoms with Crippen molar-refractivity contribution < 1.29 is 0 Å². The van der Waals surface area contributed by atoms with Gasteiger partial charge in [-0.15, -0.1) is 0 Å². The first-order valence-electron chi connectivity index (χ1n) is 5.01. The van der Waals surface area contributed by atoms with Crippen LogP contribution in [0.1, 0.15) is 30.7 Å². The Hall–Kier alpha value is -1.08. The maximum Gasteiger partial charge on any atom is 0.106 e. The molecule has 4 heteroatoms. The minimum atomic E-state index is 0.196. The van der Waals surface area contributed by atoms with Crippen LogP contribution in [0, 0.1) is 17.2 Å². The van der Waals surface area contributed by atoms with E-state index in [0.717, 1.165) is 35.1 Å². The molecule has 1 heterocycles. The minimum Gasteiger partial charge on any atom is -0.397 e. The lowest BCUT2D eigenvalue weighted by Gasteiger charge is -2.12. The van der Waals surface area contributed by atoms with Crippen molar-refractivity contribution in [3.8, 4) is 6.07 Å². The minimum absolute atomic E-state index is 0.196. The average Bonchev–Trinajstić information content (AvgIpc) is 2.70. The van der Waals surface area contributed by atoms with E-state index >= 15 is 0 Å². The van der Waals surface area contributed by atoms with Crippen LogP contribution in [-0.4, -0.2) is 4.98 Å². The van der Waals surface area contributed by atoms with E-state index in [9.17, 15) is 0 Å². The number of halogens is 1. The number of anilines is 1. The summed E-state index contributed by atoms with van der Waals surface area (Å²) < 4.78 is 0.812. The lowest BCUT2D eigenvalue weighted by atomic mass is 9.96. The van der Waals surface area contributed by atoms with Crippen LogP contribution in [0.4, 0.5) is 5.69 Å². The van der Waals surface area contributed by atoms with Gasteiger partial charge in [0.05, 0.1) is 18.0 Å². The highest BCUT2D eigenvalue weighted by atomic mass is 79.9. The molecule has 0 radical (unpaired) electrons. The van der Waals surface area contributed by atoms with Crippen molar-refractivity contribution in [2.45, 2.75) is 25.2 Å². The molecule has 78 valence electrons. The Balaban J connectivity index is 2.24. The Kier molecular flexibility index (Phi) is 2.92. The van der Waals surface area contributed by atoms with Crippen molar-refractivity contribution in [1.29, 1.82) is 5.26 Å². The zero-order chi connectivity index (χ0) is 10.8. The average molecular weight is 266 g/mol. The van der Waals surface area contributed by atoms with Gasteiger partial charge in [0.1, 0.15) is 4.60 Å². The fraction of sp³-hybridized carbons (Fsp3) is 0.455. The summed E-state index contributed by atoms with van der Waals surface area (Å²) in [4.78, 5) is 4.08. The summed E-state index contributed by atoms with van der Waals surface area (Å²) in [5.74, 6) is 0.621. The topological polar surface area (TPSA) is 62.7 Å². The van der Waals surface area contributed by atoms with Crippen molar-refractivity contribution in [3.05, 3.63) is 22.4 Å². The number of hydrogen-bond donors (Lipinski definition) is 1. The van der Waals surface area contributed by atoms with Crippen molar-refractivity contribution >= 4 is 21.6 Å². The van der Waals surface area contributed by atoms with Gasteiger partial charge in [-0.25, -0.2) is 4.98 Å². The van der Waals surface area contributed by atoms with E-state index < -0.39 is 0 Å². The van der Waals surface area contributed by atoms with Gasteiger partial charge in [0.15, 0.2) is 0 Å². The van der Waals surface area contributed by atoms with Gasteiger partial charge in [-0.05, 0) is 52.7 Å². The summed E-state index contributed by atoms with van der Waals surface area (Å²) >= 11 is 3.34. The number of nitrogens with two attached hydrogens (primary N) is 1. The summed E-state index contributed by atoms with van der Waals surface area (Å²) in [5.41, 5.74) is 7.76. The molecule has 15 heavy (non-hydrogen) atoms. The summed E-state index contributed by atoms with van der Waals surface area (Å²) in [6.45, 7) is 0. The van der Waals surface area contributed by atoms with Crippen LogP contribution in [-0.2, 0) is 0 Å². The number of hydrogen-bond acceptors (Lipinski definition) is 3. The Morgan fingerprint density at radius 3 is 3.00 bits per heavy atom. The van der Waals surface area contributed by atoms with Crippen molar-refractivity contribution in [1.82, 2.24) is 4.98 Å². The van der Waals surface area contributed by atoms with Crippen LogP contribution in [0.3, 0.4) is 0 Å². The molecule has 2 rings (SSSR count). The number of nitrogen functional groups attached to an aromatic ring is 1. The van der Waals surface area contributed by atoms with Crippen LogP contribution < -0.4 is 5.73 Å². The number of nitriles is 1. The zero-order valence-electron chi connectivity index (χ0n) is 8.28. The second kappa shape index (κ2) is 4.19. The van der Waals surface area contributed by atoms with E-state index in [1.807, 2.05) is 6.07 Å². The van der Waals surface area contributed by atoms with E-state index in [0.29, 0.717) is 5.92 Å². The third-order valence-electron chi connectivity index (χ3n) is 2.99. The maximum atomic E-state index is 8.85. The number of rotatable bonds is 1. The molecular formula is C11H12BrN3. The summed E-state index contributed by atoms with van der Waals surface area (Å²) in [5, 5.41) is 8.85. The third-order valence-corrected chi connectivity index (χ3v) is 3.42. The molecular weight excluding hydrogens is 254 g/mol. The highest BCUT2D eigenvalue weighted by molar-refractivity contribution is 9.10. The fourth-order valence-electron chi connectivity index (χ4n) is 2.19. The van der Waals surface area contributed by atoms with Crippen LogP contribution in [0.5, 0.6) is 0 Å². The molecule has 0 bridgehead atoms. The molecule has 0 aliphatic heterocycles. The standard InChI is InChI=1S/C11H12BrN3/c12-11-4-9(10(14)6-15-11)8-2-1-7(3-8)5-13/h4,6-8H,1-3,14H2. The number of aromatic nitrogens is 1. The lowest BCUT2D eigenvalue weighted by molar-refractivity contribution is 0.670. The van der Waals surface area contributed by atoms with Crippen molar-refractivity contribution in [3.63, 3.8) is 0 Å². The summed E-state index contributed by atoms with van der Waals surface area (Å²) in [6.07, 6.45) is 4.65. The molecule has 0 saturated heterocycles. The maximum absolute atomic E-state index is 8.85. The molecule has 2 atom stereocenters. The Morgan fingerprint density at radius 2 is 2.33 bits per heavy atom. The zero-order valence-corrected chi connectivity index (χ0v) is 9.87. The molecule has 0 amide bonds. The second-order valence-electron chi connectivity index (χ2n) is 3.97. The molecule has 1 aliphatic rings. The molecule has 2 unspecified atom stereocenters. The van der Waals surface area contributed by atoms with Crippen LogP contribution in [0.2, 0.25) is 0 Å². The van der Waals surface area contributed by atoms with Gasteiger partial charge < -0.3 is 5.73 Å². The van der Waals surface area contributed by atoms with Gasteiger partial charge >= 0.3 is 0 Å². The van der Waals surface area contributed by atoms with Crippen molar-refractivity contribution in [2.24, 2.45) is 5.92 Å². The quantitative estimate of drug-likeness (QED) is 0.795. The highest BCUT2D eigenvalue weighted by Gasteiger charge is 2.27. The normalized spacial score (nSPS) is 25.1. The van der Waals surface area contributed by atoms with Gasteiger partial charge in [-0.2, -0.15) is 5.26 Å². The SMILES string of the molecule is N#CC1CCC(c2cc(Br)ncc2N)C1. The van der Waals surface area contributed by atoms with Gasteiger partial charge in [0, 0.05) is 5.92 Å². The molecule has 2 N–H and O–H groups in total. The monoisotopic (exact) mass is 265 g/mol. The van der Waals surface area contributed by atoms with Gasteiger partial charge in [-0.3, -0.25) is 0 Å². The number of pyridine rings is 1. The Labute approximate surface area is 97.4 Å². The van der Waals surface area contributed by atoms with E-state index in [2.05, 4.69) is 27.0 Å². The van der Waals surface area contributed by atoms with E-state index in [4.69, 9.17) is 11.0 Å². The molecule has 3 nitrogen and oxygen atoms in total. The fourth-order valence-corrected chi connectivity index (χ4v) is 2.54. The molecule has 0 spiro atoms. The second-order valence-corrected chi connectivity index (χ2v) is 4.78. The molecule has 0 aromatic carbocycles. The molecule has 1 fully saturated rings. The van der Waals surface area contributed by atoms with Gasteiger partial charge in [0.25, 0.3) is 0 Å². The lowest BCUT2D eigenvalue weighted by Crippen LogP contribution is -2.01. The largest absolute Gasteiger partial charge is 0.397 e. The predicted octanol–water partition coefficient (Wildman–Crippen LogP) is 2.83. The summed E-state index contributed by atoms with van der Waals surface area (Å²) in [6, 6.07) is 4.30. The first-order chi connectivity index (χ1) is 7.20. The van der Waals surface area contributed by atoms with E-state index in [1.165, 1.54) is 0 Å². The Morgan fingerprint density at radius 1 is 1.53 bits per heavy atom. The van der Waals surface area contributed by atoms with Crippen LogP contribution in [0.15, 0.2) is 16.9 Å². The van der Waals surface area contributed by atoms with Gasteiger partial charge in [-0.1, -0.05) is 0 Å². The molecule has 1 aromatic rings. The Bertz CT molecular complexity index is 411. The predicted molar refractivity (Wildman–Crippen MR) is 62.0 cm³/mol. The van der Waals surface area contributed by atoms with E-state index in [1.54, 1.807) is 6.20 Å². The van der Waals surface area contributed by atoms with Gasteiger partial charge in [0.2, 0.25) is 0 Å². The highest BCUT2D eigenvalue weighted by Crippen LogP contribution is 2.40. The first kappa shape index (κ1) is 10.4. The number of nitrogens with zero attached hydrogens (tertiary/aromatic N) is 2. The summed E-state index contributed by atoms with van der Waals surface area (Å²) in [7, 11) is 0. The van der Waals surface area contributed by atoms with Crippen LogP contribution in [0.25, 0.3) is 0 Å². The third kappa shape index (κ3) is 2.13. The van der Waals surface area contributed by atoms with E-state index in [-0.39, 0.29) is 5.92 Å². The first-order valence-corrected chi connectivity index (χ1v) is 5.80. The van der Waals surface area contributed by atoms with Crippen LogP contribution >= 0.6 is 15.9 Å². The molecule has 1 aliphatic carbocycles. The smallest absolute Gasteiger partial charge is 0.106 e. The van der Waals surface area contributed by atoms with Crippen molar-refractivity contribution in [2.75, 3.05) is 5.73 Å². The molecule has 1 saturated carbocycles. The molecule has 1 aromatic heterocycles.